The number of benzene rings is 1. The maximum absolute atomic E-state index is 12.2. The van der Waals surface area contributed by atoms with Gasteiger partial charge in [-0.25, -0.2) is 0 Å². The van der Waals surface area contributed by atoms with E-state index in [0.29, 0.717) is 23.5 Å². The molecule has 0 atom stereocenters. The normalized spacial score (nSPS) is 16.2. The summed E-state index contributed by atoms with van der Waals surface area (Å²) in [6.07, 6.45) is 0. The molecule has 1 fully saturated rings. The van der Waals surface area contributed by atoms with Gasteiger partial charge in [0.1, 0.15) is 6.54 Å². The minimum Gasteiger partial charge on any atom is -0.342 e. The van der Waals surface area contributed by atoms with Crippen molar-refractivity contribution in [2.24, 2.45) is 0 Å². The van der Waals surface area contributed by atoms with Crippen molar-refractivity contribution in [2.75, 3.05) is 26.7 Å². The fraction of sp³-hybridized carbons (Fsp3) is 0.333. The van der Waals surface area contributed by atoms with Crippen LogP contribution in [0.2, 0.25) is 0 Å². The summed E-state index contributed by atoms with van der Waals surface area (Å²) in [7, 11) is 1.75. The number of carbonyl (C=O) groups excluding carboxylic acids is 2. The number of likely N-dealkylation sites (N-methyl/N-ethyl adjacent to an activating group) is 1. The maximum atomic E-state index is 12.2. The highest BCUT2D eigenvalue weighted by Gasteiger charge is 2.26. The first kappa shape index (κ1) is 12.0. The molecule has 2 amide bonds. The second-order valence-corrected chi connectivity index (χ2v) is 4.54. The average Bonchev–Trinajstić information content (AvgIpc) is 2.32. The predicted molar refractivity (Wildman–Crippen MR) is 67.2 cm³/mol. The lowest BCUT2D eigenvalue weighted by atomic mass is 10.2. The Hall–Kier alpha value is -1.49. The molecule has 0 unspecified atom stereocenters. The highest BCUT2D eigenvalue weighted by molar-refractivity contribution is 7.80. The molecule has 5 heteroatoms. The second-order valence-electron chi connectivity index (χ2n) is 4.06. The van der Waals surface area contributed by atoms with Gasteiger partial charge < -0.3 is 9.80 Å². The van der Waals surface area contributed by atoms with Crippen molar-refractivity contribution >= 4 is 24.4 Å². The van der Waals surface area contributed by atoms with Crippen molar-refractivity contribution in [3.8, 4) is 0 Å². The Labute approximate surface area is 106 Å². The highest BCUT2D eigenvalue weighted by Crippen LogP contribution is 2.16. The van der Waals surface area contributed by atoms with Crippen LogP contribution in [0.5, 0.6) is 0 Å². The second kappa shape index (κ2) is 4.79. The zero-order valence-electron chi connectivity index (χ0n) is 9.59. The van der Waals surface area contributed by atoms with Gasteiger partial charge in [-0.3, -0.25) is 9.59 Å². The van der Waals surface area contributed by atoms with Gasteiger partial charge in [-0.15, -0.1) is 12.6 Å². The van der Waals surface area contributed by atoms with E-state index in [-0.39, 0.29) is 18.4 Å². The van der Waals surface area contributed by atoms with Crippen molar-refractivity contribution in [3.05, 3.63) is 29.8 Å². The maximum Gasteiger partial charge on any atom is 0.255 e. The standard InChI is InChI=1S/C12H14N2O2S/c1-13-6-7-14(8-11(13)15)12(16)9-4-2-3-5-10(9)17/h2-5,17H,6-8H2,1H3. The predicted octanol–water partition coefficient (Wildman–Crippen LogP) is 0.889. The van der Waals surface area contributed by atoms with Gasteiger partial charge in [-0.05, 0) is 12.1 Å². The molecule has 0 aromatic heterocycles. The van der Waals surface area contributed by atoms with E-state index in [1.54, 1.807) is 35.0 Å². The smallest absolute Gasteiger partial charge is 0.255 e. The van der Waals surface area contributed by atoms with E-state index >= 15 is 0 Å². The van der Waals surface area contributed by atoms with Crippen LogP contribution in [0.1, 0.15) is 10.4 Å². The summed E-state index contributed by atoms with van der Waals surface area (Å²) >= 11 is 4.25. The number of hydrogen-bond donors (Lipinski definition) is 1. The van der Waals surface area contributed by atoms with Gasteiger partial charge in [0.15, 0.2) is 0 Å². The summed E-state index contributed by atoms with van der Waals surface area (Å²) in [5.41, 5.74) is 0.549. The Morgan fingerprint density at radius 1 is 1.29 bits per heavy atom. The van der Waals surface area contributed by atoms with Gasteiger partial charge in [-0.1, -0.05) is 12.1 Å². The number of thiol groups is 1. The summed E-state index contributed by atoms with van der Waals surface area (Å²) in [4.78, 5) is 27.6. The highest BCUT2D eigenvalue weighted by atomic mass is 32.1. The Balaban J connectivity index is 2.16. The molecule has 0 bridgehead atoms. The molecular formula is C12H14N2O2S. The van der Waals surface area contributed by atoms with E-state index in [1.165, 1.54) is 0 Å². The molecule has 0 radical (unpaired) electrons. The minimum atomic E-state index is -0.128. The molecule has 0 N–H and O–H groups in total. The van der Waals surface area contributed by atoms with Crippen LogP contribution in [0.4, 0.5) is 0 Å². The third-order valence-corrected chi connectivity index (χ3v) is 3.27. The van der Waals surface area contributed by atoms with E-state index in [9.17, 15) is 9.59 Å². The Morgan fingerprint density at radius 2 is 2.00 bits per heavy atom. The van der Waals surface area contributed by atoms with Gasteiger partial charge >= 0.3 is 0 Å². The van der Waals surface area contributed by atoms with Gasteiger partial charge in [-0.2, -0.15) is 0 Å². The molecule has 0 saturated carbocycles. The monoisotopic (exact) mass is 250 g/mol. The van der Waals surface area contributed by atoms with Crippen LogP contribution in [0, 0.1) is 0 Å². The lowest BCUT2D eigenvalue weighted by Crippen LogP contribution is -2.50. The van der Waals surface area contributed by atoms with Crippen molar-refractivity contribution in [2.45, 2.75) is 4.90 Å². The summed E-state index contributed by atoms with van der Waals surface area (Å²) < 4.78 is 0. The van der Waals surface area contributed by atoms with Crippen LogP contribution in [0.3, 0.4) is 0 Å². The first-order chi connectivity index (χ1) is 8.09. The zero-order valence-corrected chi connectivity index (χ0v) is 10.5. The molecule has 17 heavy (non-hydrogen) atoms. The minimum absolute atomic E-state index is 0.0266. The number of piperazine rings is 1. The molecule has 1 saturated heterocycles. The fourth-order valence-electron chi connectivity index (χ4n) is 1.76. The first-order valence-corrected chi connectivity index (χ1v) is 5.85. The molecular weight excluding hydrogens is 236 g/mol. The van der Waals surface area contributed by atoms with Gasteiger partial charge in [0.2, 0.25) is 5.91 Å². The SMILES string of the molecule is CN1CCN(C(=O)c2ccccc2S)CC1=O. The number of hydrogen-bond acceptors (Lipinski definition) is 3. The molecule has 4 nitrogen and oxygen atoms in total. The first-order valence-electron chi connectivity index (χ1n) is 5.41. The Morgan fingerprint density at radius 3 is 2.65 bits per heavy atom. The van der Waals surface area contributed by atoms with E-state index in [2.05, 4.69) is 12.6 Å². The van der Waals surface area contributed by atoms with Crippen LogP contribution in [0.25, 0.3) is 0 Å². The van der Waals surface area contributed by atoms with Crippen LogP contribution in [-0.2, 0) is 4.79 Å². The van der Waals surface area contributed by atoms with Gasteiger partial charge in [0.05, 0.1) is 5.56 Å². The van der Waals surface area contributed by atoms with Gasteiger partial charge in [0.25, 0.3) is 5.91 Å². The summed E-state index contributed by atoms with van der Waals surface area (Å²) in [5.74, 6) is -0.154. The molecule has 1 aliphatic heterocycles. The van der Waals surface area contributed by atoms with E-state index in [4.69, 9.17) is 0 Å². The number of carbonyl (C=O) groups is 2. The lowest BCUT2D eigenvalue weighted by molar-refractivity contribution is -0.133. The van der Waals surface area contributed by atoms with Crippen molar-refractivity contribution in [1.82, 2.24) is 9.80 Å². The molecule has 90 valence electrons. The van der Waals surface area contributed by atoms with Crippen molar-refractivity contribution in [3.63, 3.8) is 0 Å². The molecule has 2 rings (SSSR count). The van der Waals surface area contributed by atoms with E-state index in [0.717, 1.165) is 0 Å². The third-order valence-electron chi connectivity index (χ3n) is 2.88. The van der Waals surface area contributed by atoms with Crippen LogP contribution < -0.4 is 0 Å². The average molecular weight is 250 g/mol. The number of amides is 2. The molecule has 1 aliphatic rings. The van der Waals surface area contributed by atoms with Gasteiger partial charge in [0, 0.05) is 25.0 Å². The summed E-state index contributed by atoms with van der Waals surface area (Å²) in [6.45, 7) is 1.31. The molecule has 0 aliphatic carbocycles. The van der Waals surface area contributed by atoms with Crippen LogP contribution in [0.15, 0.2) is 29.2 Å². The molecule has 1 aromatic rings. The Kier molecular flexibility index (Phi) is 3.38. The third kappa shape index (κ3) is 2.44. The summed E-state index contributed by atoms with van der Waals surface area (Å²) in [6, 6.07) is 7.13. The fourth-order valence-corrected chi connectivity index (χ4v) is 2.01. The largest absolute Gasteiger partial charge is 0.342 e. The zero-order chi connectivity index (χ0) is 12.4. The van der Waals surface area contributed by atoms with E-state index in [1.807, 2.05) is 6.07 Å². The van der Waals surface area contributed by atoms with Crippen molar-refractivity contribution < 1.29 is 9.59 Å². The quantitative estimate of drug-likeness (QED) is 0.752. The number of nitrogens with zero attached hydrogens (tertiary/aromatic N) is 2. The van der Waals surface area contributed by atoms with Crippen LogP contribution in [-0.4, -0.2) is 48.3 Å². The molecule has 0 spiro atoms. The molecule has 1 heterocycles. The lowest BCUT2D eigenvalue weighted by Gasteiger charge is -2.32. The number of rotatable bonds is 1. The van der Waals surface area contributed by atoms with Crippen molar-refractivity contribution in [1.29, 1.82) is 0 Å². The van der Waals surface area contributed by atoms with Crippen LogP contribution >= 0.6 is 12.6 Å². The summed E-state index contributed by atoms with van der Waals surface area (Å²) in [5, 5.41) is 0. The molecule has 1 aromatic carbocycles. The topological polar surface area (TPSA) is 40.6 Å². The van der Waals surface area contributed by atoms with E-state index < -0.39 is 0 Å². The Bertz CT molecular complexity index is 462.